The van der Waals surface area contributed by atoms with Gasteiger partial charge in [0.25, 0.3) is 5.91 Å². The molecule has 0 spiro atoms. The standard InChI is InChI=1S/C22H25NO4/c1-15(22(25)23-19-9-11-20(26-2)12-10-19)27-21(24)14-16-7-8-17-5-3-4-6-18(17)13-16/h7-13,15H,3-6,14H2,1-2H3,(H,23,25)/t15-/m0/s1. The maximum absolute atomic E-state index is 12.2. The van der Waals surface area contributed by atoms with Gasteiger partial charge in [-0.3, -0.25) is 9.59 Å². The molecular weight excluding hydrogens is 342 g/mol. The SMILES string of the molecule is COc1ccc(NC(=O)[C@H](C)OC(=O)Cc2ccc3c(c2)CCCC3)cc1. The van der Waals surface area contributed by atoms with Gasteiger partial charge in [-0.15, -0.1) is 0 Å². The first kappa shape index (κ1) is 19.0. The maximum Gasteiger partial charge on any atom is 0.311 e. The minimum atomic E-state index is -0.864. The monoisotopic (exact) mass is 367 g/mol. The number of hydrogen-bond acceptors (Lipinski definition) is 4. The summed E-state index contributed by atoms with van der Waals surface area (Å²) in [5.41, 5.74) is 4.27. The van der Waals surface area contributed by atoms with Gasteiger partial charge >= 0.3 is 5.97 Å². The predicted molar refractivity (Wildman–Crippen MR) is 104 cm³/mol. The molecule has 0 heterocycles. The lowest BCUT2D eigenvalue weighted by Gasteiger charge is -2.17. The van der Waals surface area contributed by atoms with E-state index in [0.29, 0.717) is 11.4 Å². The van der Waals surface area contributed by atoms with Crippen molar-refractivity contribution in [1.82, 2.24) is 0 Å². The zero-order chi connectivity index (χ0) is 19.2. The van der Waals surface area contributed by atoms with E-state index in [1.54, 1.807) is 38.3 Å². The number of ether oxygens (including phenoxy) is 2. The second-order valence-corrected chi connectivity index (χ2v) is 6.84. The largest absolute Gasteiger partial charge is 0.497 e. The van der Waals surface area contributed by atoms with Crippen molar-refractivity contribution < 1.29 is 19.1 Å². The number of esters is 1. The van der Waals surface area contributed by atoms with Crippen molar-refractivity contribution in [2.75, 3.05) is 12.4 Å². The Hall–Kier alpha value is -2.82. The van der Waals surface area contributed by atoms with Crippen LogP contribution in [0, 0.1) is 0 Å². The Morgan fingerprint density at radius 3 is 2.44 bits per heavy atom. The third-order valence-corrected chi connectivity index (χ3v) is 4.80. The molecule has 0 saturated heterocycles. The molecule has 0 fully saturated rings. The molecule has 0 saturated carbocycles. The molecule has 5 nitrogen and oxygen atoms in total. The van der Waals surface area contributed by atoms with Crippen molar-refractivity contribution in [3.8, 4) is 5.75 Å². The van der Waals surface area contributed by atoms with Crippen LogP contribution in [-0.2, 0) is 33.6 Å². The molecule has 1 N–H and O–H groups in total. The molecule has 1 aliphatic rings. The number of hydrogen-bond donors (Lipinski definition) is 1. The number of benzene rings is 2. The van der Waals surface area contributed by atoms with Gasteiger partial charge in [-0.1, -0.05) is 18.2 Å². The van der Waals surface area contributed by atoms with E-state index in [1.807, 2.05) is 6.07 Å². The van der Waals surface area contributed by atoms with Crippen LogP contribution in [0.3, 0.4) is 0 Å². The van der Waals surface area contributed by atoms with Gasteiger partial charge in [-0.2, -0.15) is 0 Å². The Bertz CT molecular complexity index is 814. The molecule has 1 amide bonds. The summed E-state index contributed by atoms with van der Waals surface area (Å²) in [6.45, 7) is 1.57. The zero-order valence-electron chi connectivity index (χ0n) is 15.8. The van der Waals surface area contributed by atoms with Crippen LogP contribution in [0.15, 0.2) is 42.5 Å². The Balaban J connectivity index is 1.52. The van der Waals surface area contributed by atoms with Gasteiger partial charge in [0.05, 0.1) is 13.5 Å². The summed E-state index contributed by atoms with van der Waals surface area (Å²) in [7, 11) is 1.58. The van der Waals surface area contributed by atoms with Gasteiger partial charge < -0.3 is 14.8 Å². The van der Waals surface area contributed by atoms with E-state index < -0.39 is 12.1 Å². The number of fused-ring (bicyclic) bond motifs is 1. The third-order valence-electron chi connectivity index (χ3n) is 4.80. The molecule has 5 heteroatoms. The first-order chi connectivity index (χ1) is 13.0. The molecule has 0 aromatic heterocycles. The number of carbonyl (C=O) groups is 2. The fourth-order valence-corrected chi connectivity index (χ4v) is 3.27. The molecule has 1 atom stereocenters. The zero-order valence-corrected chi connectivity index (χ0v) is 15.8. The Kier molecular flexibility index (Phi) is 6.12. The highest BCUT2D eigenvalue weighted by Crippen LogP contribution is 2.22. The molecule has 0 radical (unpaired) electrons. The number of nitrogens with one attached hydrogen (secondary N) is 1. The van der Waals surface area contributed by atoms with Crippen molar-refractivity contribution in [2.45, 2.75) is 45.1 Å². The minimum Gasteiger partial charge on any atom is -0.497 e. The maximum atomic E-state index is 12.2. The topological polar surface area (TPSA) is 64.6 Å². The number of carbonyl (C=O) groups excluding carboxylic acids is 2. The summed E-state index contributed by atoms with van der Waals surface area (Å²) in [5, 5.41) is 2.73. The highest BCUT2D eigenvalue weighted by atomic mass is 16.5. The average Bonchev–Trinajstić information content (AvgIpc) is 2.68. The number of rotatable bonds is 6. The second kappa shape index (κ2) is 8.71. The quantitative estimate of drug-likeness (QED) is 0.791. The third kappa shape index (κ3) is 5.09. The molecule has 1 aliphatic carbocycles. The van der Waals surface area contributed by atoms with Gasteiger partial charge in [0.2, 0.25) is 0 Å². The highest BCUT2D eigenvalue weighted by Gasteiger charge is 2.19. The number of methoxy groups -OCH3 is 1. The molecule has 27 heavy (non-hydrogen) atoms. The molecule has 3 rings (SSSR count). The van der Waals surface area contributed by atoms with Crippen molar-refractivity contribution in [3.63, 3.8) is 0 Å². The van der Waals surface area contributed by atoms with E-state index in [1.165, 1.54) is 24.0 Å². The lowest BCUT2D eigenvalue weighted by molar-refractivity contribution is -0.152. The first-order valence-electron chi connectivity index (χ1n) is 9.30. The van der Waals surface area contributed by atoms with E-state index >= 15 is 0 Å². The van der Waals surface area contributed by atoms with E-state index in [9.17, 15) is 9.59 Å². The summed E-state index contributed by atoms with van der Waals surface area (Å²) in [4.78, 5) is 24.4. The fourth-order valence-electron chi connectivity index (χ4n) is 3.27. The van der Waals surface area contributed by atoms with Gasteiger partial charge in [0, 0.05) is 5.69 Å². The highest BCUT2D eigenvalue weighted by molar-refractivity contribution is 5.95. The summed E-state index contributed by atoms with van der Waals surface area (Å²) in [5.74, 6) is -0.0559. The molecule has 0 unspecified atom stereocenters. The van der Waals surface area contributed by atoms with E-state index in [2.05, 4.69) is 17.4 Å². The number of aryl methyl sites for hydroxylation is 2. The van der Waals surface area contributed by atoms with Crippen LogP contribution < -0.4 is 10.1 Å². The van der Waals surface area contributed by atoms with Crippen molar-refractivity contribution in [3.05, 3.63) is 59.2 Å². The van der Waals surface area contributed by atoms with Gasteiger partial charge in [-0.05, 0) is 73.6 Å². The van der Waals surface area contributed by atoms with Crippen molar-refractivity contribution in [1.29, 1.82) is 0 Å². The van der Waals surface area contributed by atoms with Gasteiger partial charge in [0.1, 0.15) is 5.75 Å². The van der Waals surface area contributed by atoms with E-state index in [0.717, 1.165) is 18.4 Å². The van der Waals surface area contributed by atoms with Crippen molar-refractivity contribution in [2.24, 2.45) is 0 Å². The van der Waals surface area contributed by atoms with Crippen LogP contribution in [-0.4, -0.2) is 25.1 Å². The Morgan fingerprint density at radius 1 is 1.04 bits per heavy atom. The van der Waals surface area contributed by atoms with Crippen LogP contribution in [0.4, 0.5) is 5.69 Å². The Morgan fingerprint density at radius 2 is 1.74 bits per heavy atom. The predicted octanol–water partition coefficient (Wildman–Crippen LogP) is 3.69. The molecule has 2 aromatic rings. The molecular formula is C22H25NO4. The summed E-state index contributed by atoms with van der Waals surface area (Å²) in [6, 6.07) is 13.2. The van der Waals surface area contributed by atoms with Crippen LogP contribution in [0.5, 0.6) is 5.75 Å². The lowest BCUT2D eigenvalue weighted by Crippen LogP contribution is -2.30. The van der Waals surface area contributed by atoms with Crippen LogP contribution in [0.25, 0.3) is 0 Å². The van der Waals surface area contributed by atoms with Crippen LogP contribution >= 0.6 is 0 Å². The van der Waals surface area contributed by atoms with Gasteiger partial charge in [-0.25, -0.2) is 0 Å². The summed E-state index contributed by atoms with van der Waals surface area (Å²) >= 11 is 0. The molecule has 0 aliphatic heterocycles. The molecule has 2 aromatic carbocycles. The van der Waals surface area contributed by atoms with Crippen LogP contribution in [0.2, 0.25) is 0 Å². The lowest BCUT2D eigenvalue weighted by atomic mass is 9.90. The summed E-state index contributed by atoms with van der Waals surface area (Å²) < 4.78 is 10.4. The first-order valence-corrected chi connectivity index (χ1v) is 9.30. The van der Waals surface area contributed by atoms with Crippen molar-refractivity contribution >= 4 is 17.6 Å². The fraction of sp³-hybridized carbons (Fsp3) is 0.364. The normalized spacial score (nSPS) is 14.0. The number of anilines is 1. The second-order valence-electron chi connectivity index (χ2n) is 6.84. The van der Waals surface area contributed by atoms with Crippen LogP contribution in [0.1, 0.15) is 36.5 Å². The van der Waals surface area contributed by atoms with E-state index in [4.69, 9.17) is 9.47 Å². The average molecular weight is 367 g/mol. The Labute approximate surface area is 159 Å². The van der Waals surface area contributed by atoms with Gasteiger partial charge in [0.15, 0.2) is 6.10 Å². The molecule has 142 valence electrons. The number of amides is 1. The molecule has 0 bridgehead atoms. The smallest absolute Gasteiger partial charge is 0.311 e. The summed E-state index contributed by atoms with van der Waals surface area (Å²) in [6.07, 6.45) is 3.92. The minimum absolute atomic E-state index is 0.174. The van der Waals surface area contributed by atoms with E-state index in [-0.39, 0.29) is 12.3 Å².